The summed E-state index contributed by atoms with van der Waals surface area (Å²) >= 11 is 0. The number of hydrogen-bond acceptors (Lipinski definition) is 6. The molecular formula is C30H41N3O4. The quantitative estimate of drug-likeness (QED) is 0.342. The highest BCUT2D eigenvalue weighted by atomic mass is 16.5. The van der Waals surface area contributed by atoms with Gasteiger partial charge in [0, 0.05) is 67.4 Å². The Morgan fingerprint density at radius 3 is 2.76 bits per heavy atom. The number of carbonyl (C=O) groups excluding carboxylic acids is 1. The van der Waals surface area contributed by atoms with E-state index >= 15 is 0 Å². The van der Waals surface area contributed by atoms with Gasteiger partial charge in [0.05, 0.1) is 36.8 Å². The van der Waals surface area contributed by atoms with E-state index in [0.29, 0.717) is 6.61 Å². The molecule has 0 amide bonds. The van der Waals surface area contributed by atoms with E-state index in [1.807, 2.05) is 19.2 Å². The van der Waals surface area contributed by atoms with Gasteiger partial charge in [-0.3, -0.25) is 9.78 Å². The van der Waals surface area contributed by atoms with Crippen LogP contribution in [0.1, 0.15) is 58.9 Å². The van der Waals surface area contributed by atoms with Gasteiger partial charge in [0.15, 0.2) is 0 Å². The lowest BCUT2D eigenvalue weighted by Crippen LogP contribution is -2.41. The van der Waals surface area contributed by atoms with Gasteiger partial charge in [0.25, 0.3) is 0 Å². The van der Waals surface area contributed by atoms with Crippen LogP contribution in [-0.2, 0) is 32.0 Å². The summed E-state index contributed by atoms with van der Waals surface area (Å²) < 4.78 is 19.4. The Hall–Kier alpha value is -2.90. The fourth-order valence-corrected chi connectivity index (χ4v) is 5.36. The van der Waals surface area contributed by atoms with E-state index in [-0.39, 0.29) is 23.6 Å². The first-order valence-electron chi connectivity index (χ1n) is 13.3. The van der Waals surface area contributed by atoms with Crippen molar-refractivity contribution < 1.29 is 19.0 Å². The van der Waals surface area contributed by atoms with Gasteiger partial charge in [-0.15, -0.1) is 0 Å². The summed E-state index contributed by atoms with van der Waals surface area (Å²) in [6, 6.07) is 10.9. The fraction of sp³-hybridized carbons (Fsp3) is 0.533. The van der Waals surface area contributed by atoms with Gasteiger partial charge >= 0.3 is 5.97 Å². The first-order chi connectivity index (χ1) is 17.6. The third kappa shape index (κ3) is 5.83. The molecule has 0 spiro atoms. The second kappa shape index (κ2) is 11.2. The fourth-order valence-electron chi connectivity index (χ4n) is 5.36. The van der Waals surface area contributed by atoms with Gasteiger partial charge in [-0.1, -0.05) is 13.8 Å². The van der Waals surface area contributed by atoms with Crippen LogP contribution < -0.4 is 4.90 Å². The van der Waals surface area contributed by atoms with E-state index in [1.165, 1.54) is 29.1 Å². The number of aryl methyl sites for hydroxylation is 1. The number of methoxy groups -OCH3 is 1. The third-order valence-corrected chi connectivity index (χ3v) is 7.23. The van der Waals surface area contributed by atoms with E-state index in [0.717, 1.165) is 49.6 Å². The minimum absolute atomic E-state index is 0.146. The van der Waals surface area contributed by atoms with Crippen molar-refractivity contribution in [3.8, 4) is 11.3 Å². The minimum atomic E-state index is -0.258. The zero-order valence-corrected chi connectivity index (χ0v) is 23.3. The number of rotatable bonds is 9. The lowest BCUT2D eigenvalue weighted by molar-refractivity contribution is -0.143. The van der Waals surface area contributed by atoms with Crippen LogP contribution in [0.25, 0.3) is 22.2 Å². The first kappa shape index (κ1) is 27.1. The van der Waals surface area contributed by atoms with E-state index in [2.05, 4.69) is 61.4 Å². The van der Waals surface area contributed by atoms with Crippen molar-refractivity contribution in [3.05, 3.63) is 47.8 Å². The Morgan fingerprint density at radius 2 is 2.08 bits per heavy atom. The standard InChI is InChI=1S/C30H41N3O4/c1-8-33-27-12-11-23(32-14-15-36-20(2)18-32)16-25(27)26(17-30(5,6)19-37-22(4)34)29(33)24-10-9-13-31-28(24)21(3)35-7/h9-13,16,20-21H,8,14-15,17-19H2,1-7H3. The largest absolute Gasteiger partial charge is 0.465 e. The van der Waals surface area contributed by atoms with Crippen LogP contribution in [0.15, 0.2) is 36.5 Å². The Bertz CT molecular complexity index is 1250. The van der Waals surface area contributed by atoms with Crippen molar-refractivity contribution in [3.63, 3.8) is 0 Å². The van der Waals surface area contributed by atoms with Crippen molar-refractivity contribution in [1.29, 1.82) is 0 Å². The number of hydrogen-bond donors (Lipinski definition) is 0. The minimum Gasteiger partial charge on any atom is -0.465 e. The zero-order valence-electron chi connectivity index (χ0n) is 23.3. The molecule has 37 heavy (non-hydrogen) atoms. The van der Waals surface area contributed by atoms with Crippen molar-refractivity contribution in [2.24, 2.45) is 5.41 Å². The number of carbonyl (C=O) groups is 1. The average Bonchev–Trinajstić information content (AvgIpc) is 3.18. The summed E-state index contributed by atoms with van der Waals surface area (Å²) in [5.74, 6) is -0.253. The highest BCUT2D eigenvalue weighted by Gasteiger charge is 2.29. The van der Waals surface area contributed by atoms with Gasteiger partial charge in [-0.05, 0) is 63.1 Å². The molecule has 1 aliphatic rings. The van der Waals surface area contributed by atoms with Gasteiger partial charge in [-0.25, -0.2) is 0 Å². The number of ether oxygens (including phenoxy) is 3. The number of aromatic nitrogens is 2. The Labute approximate surface area is 220 Å². The summed E-state index contributed by atoms with van der Waals surface area (Å²) in [6.45, 7) is 15.8. The van der Waals surface area contributed by atoms with Crippen LogP contribution in [0.5, 0.6) is 0 Å². The maximum absolute atomic E-state index is 11.6. The molecule has 1 fully saturated rings. The summed E-state index contributed by atoms with van der Waals surface area (Å²) in [7, 11) is 1.72. The molecular weight excluding hydrogens is 466 g/mol. The maximum atomic E-state index is 11.6. The van der Waals surface area contributed by atoms with Gasteiger partial charge in [0.2, 0.25) is 0 Å². The van der Waals surface area contributed by atoms with E-state index in [1.54, 1.807) is 7.11 Å². The molecule has 0 saturated carbocycles. The normalized spacial score (nSPS) is 17.3. The van der Waals surface area contributed by atoms with Crippen molar-refractivity contribution in [2.75, 3.05) is 38.3 Å². The third-order valence-electron chi connectivity index (χ3n) is 7.23. The molecule has 4 rings (SSSR count). The molecule has 1 aliphatic heterocycles. The topological polar surface area (TPSA) is 65.8 Å². The molecule has 7 heteroatoms. The van der Waals surface area contributed by atoms with Crippen LogP contribution in [0, 0.1) is 5.41 Å². The smallest absolute Gasteiger partial charge is 0.302 e. The molecule has 3 aromatic rings. The first-order valence-corrected chi connectivity index (χ1v) is 13.3. The van der Waals surface area contributed by atoms with E-state index in [9.17, 15) is 4.79 Å². The summed E-state index contributed by atoms with van der Waals surface area (Å²) in [5, 5.41) is 1.23. The number of nitrogens with zero attached hydrogens (tertiary/aromatic N) is 3. The Balaban J connectivity index is 1.94. The van der Waals surface area contributed by atoms with Crippen LogP contribution in [0.2, 0.25) is 0 Å². The van der Waals surface area contributed by atoms with Crippen LogP contribution in [0.4, 0.5) is 5.69 Å². The molecule has 0 aliphatic carbocycles. The summed E-state index contributed by atoms with van der Waals surface area (Å²) in [4.78, 5) is 18.8. The van der Waals surface area contributed by atoms with Gasteiger partial charge < -0.3 is 23.7 Å². The van der Waals surface area contributed by atoms with Crippen molar-refractivity contribution >= 4 is 22.6 Å². The molecule has 2 atom stereocenters. The second-order valence-electron chi connectivity index (χ2n) is 10.8. The van der Waals surface area contributed by atoms with E-state index in [4.69, 9.17) is 19.2 Å². The molecule has 2 aromatic heterocycles. The highest BCUT2D eigenvalue weighted by Crippen LogP contribution is 2.41. The molecule has 1 aromatic carbocycles. The predicted molar refractivity (Wildman–Crippen MR) is 148 cm³/mol. The number of morpholine rings is 1. The zero-order chi connectivity index (χ0) is 26.7. The summed E-state index contributed by atoms with van der Waals surface area (Å²) in [6.07, 6.45) is 2.63. The van der Waals surface area contributed by atoms with Gasteiger partial charge in [0.1, 0.15) is 0 Å². The van der Waals surface area contributed by atoms with Gasteiger partial charge in [-0.2, -0.15) is 0 Å². The maximum Gasteiger partial charge on any atom is 0.302 e. The molecule has 1 saturated heterocycles. The highest BCUT2D eigenvalue weighted by molar-refractivity contribution is 5.94. The van der Waals surface area contributed by atoms with Crippen molar-refractivity contribution in [1.82, 2.24) is 9.55 Å². The SMILES string of the molecule is CCn1c(-c2cccnc2C(C)OC)c(CC(C)(C)COC(C)=O)c2cc(N3CCOC(C)C3)ccc21. The molecule has 200 valence electrons. The molecule has 3 heterocycles. The van der Waals surface area contributed by atoms with Crippen molar-refractivity contribution in [2.45, 2.75) is 66.7 Å². The Kier molecular flexibility index (Phi) is 8.24. The number of anilines is 1. The van der Waals surface area contributed by atoms with E-state index < -0.39 is 0 Å². The number of esters is 1. The summed E-state index contributed by atoms with van der Waals surface area (Å²) in [5.41, 5.74) is 6.55. The molecule has 7 nitrogen and oxygen atoms in total. The van der Waals surface area contributed by atoms with Crippen LogP contribution >= 0.6 is 0 Å². The number of fused-ring (bicyclic) bond motifs is 1. The molecule has 0 N–H and O–H groups in total. The molecule has 0 radical (unpaired) electrons. The van der Waals surface area contributed by atoms with Crippen LogP contribution in [-0.4, -0.2) is 55.0 Å². The second-order valence-corrected chi connectivity index (χ2v) is 10.8. The molecule has 0 bridgehead atoms. The lowest BCUT2D eigenvalue weighted by Gasteiger charge is -2.33. The number of pyridine rings is 1. The van der Waals surface area contributed by atoms with Crippen LogP contribution in [0.3, 0.4) is 0 Å². The molecule has 2 unspecified atom stereocenters. The number of benzene rings is 1. The monoisotopic (exact) mass is 507 g/mol. The Morgan fingerprint density at radius 1 is 1.30 bits per heavy atom. The predicted octanol–water partition coefficient (Wildman–Crippen LogP) is 5.79. The average molecular weight is 508 g/mol. The lowest BCUT2D eigenvalue weighted by atomic mass is 9.84.